The van der Waals surface area contributed by atoms with Gasteiger partial charge in [0.2, 0.25) is 21.4 Å². The third-order valence-electron chi connectivity index (χ3n) is 6.11. The number of amides is 1. The molecule has 8 nitrogen and oxygen atoms in total. The molecule has 1 aliphatic heterocycles. The second kappa shape index (κ2) is 9.44. The number of sulfonamides is 1. The summed E-state index contributed by atoms with van der Waals surface area (Å²) in [5, 5.41) is 4.78. The van der Waals surface area contributed by atoms with Crippen molar-refractivity contribution in [2.45, 2.75) is 44.6 Å². The molecule has 4 rings (SSSR count). The molecule has 0 N–H and O–H groups in total. The Labute approximate surface area is 193 Å². The van der Waals surface area contributed by atoms with Crippen molar-refractivity contribution in [2.24, 2.45) is 0 Å². The third kappa shape index (κ3) is 4.43. The van der Waals surface area contributed by atoms with E-state index in [4.69, 9.17) is 0 Å². The van der Waals surface area contributed by atoms with E-state index in [0.717, 1.165) is 24.1 Å². The summed E-state index contributed by atoms with van der Waals surface area (Å²) in [6, 6.07) is 12.3. The third-order valence-corrected chi connectivity index (χ3v) is 8.16. The zero-order valence-corrected chi connectivity index (χ0v) is 19.7. The maximum Gasteiger partial charge on any atom is 0.243 e. The number of nitrogens with zero attached hydrogens (tertiary/aromatic N) is 4. The Balaban J connectivity index is 1.56. The number of benzene rings is 2. The first-order chi connectivity index (χ1) is 15.9. The minimum absolute atomic E-state index is 0.0557. The highest BCUT2D eigenvalue weighted by molar-refractivity contribution is 7.89. The largest absolute Gasteiger partial charge is 0.312 e. The van der Waals surface area contributed by atoms with E-state index >= 15 is 0 Å². The van der Waals surface area contributed by atoms with Gasteiger partial charge in [-0.3, -0.25) is 14.3 Å². The topological polar surface area (TPSA) is 92.6 Å². The molecule has 1 amide bonds. The molecule has 3 aromatic rings. The Hall–Kier alpha value is -3.04. The quantitative estimate of drug-likeness (QED) is 0.532. The molecular formula is C24H28N4O4S. The molecule has 0 saturated carbocycles. The summed E-state index contributed by atoms with van der Waals surface area (Å²) >= 11 is 0. The van der Waals surface area contributed by atoms with Gasteiger partial charge in [0.1, 0.15) is 0 Å². The lowest BCUT2D eigenvalue weighted by Gasteiger charge is -2.30. The van der Waals surface area contributed by atoms with Crippen LogP contribution in [-0.4, -0.2) is 48.0 Å². The number of aromatic nitrogens is 2. The summed E-state index contributed by atoms with van der Waals surface area (Å²) in [7, 11) is -3.55. The summed E-state index contributed by atoms with van der Waals surface area (Å²) in [6.07, 6.45) is 3.00. The smallest absolute Gasteiger partial charge is 0.243 e. The second-order valence-corrected chi connectivity index (χ2v) is 9.97. The normalized spacial score (nSPS) is 14.0. The van der Waals surface area contributed by atoms with Crippen LogP contribution in [0.4, 0.5) is 5.69 Å². The minimum atomic E-state index is -3.55. The van der Waals surface area contributed by atoms with E-state index in [1.54, 1.807) is 39.9 Å². The van der Waals surface area contributed by atoms with Gasteiger partial charge in [-0.2, -0.15) is 9.40 Å². The van der Waals surface area contributed by atoms with Gasteiger partial charge in [-0.1, -0.05) is 26.0 Å². The Morgan fingerprint density at radius 1 is 1.12 bits per heavy atom. The first kappa shape index (κ1) is 23.1. The van der Waals surface area contributed by atoms with Crippen molar-refractivity contribution < 1.29 is 13.2 Å². The summed E-state index contributed by atoms with van der Waals surface area (Å²) in [6.45, 7) is 5.40. The molecule has 0 radical (unpaired) electrons. The van der Waals surface area contributed by atoms with Gasteiger partial charge in [0.25, 0.3) is 0 Å². The van der Waals surface area contributed by atoms with Crippen molar-refractivity contribution in [1.82, 2.24) is 14.1 Å². The summed E-state index contributed by atoms with van der Waals surface area (Å²) in [5.41, 5.74) is 2.19. The monoisotopic (exact) mass is 468 g/mol. The van der Waals surface area contributed by atoms with Crippen LogP contribution in [0.2, 0.25) is 0 Å². The molecule has 2 heterocycles. The molecule has 0 bridgehead atoms. The van der Waals surface area contributed by atoms with Crippen LogP contribution < -0.4 is 10.3 Å². The number of para-hydroxylation sites is 1. The molecular weight excluding hydrogens is 440 g/mol. The molecule has 0 unspecified atom stereocenters. The SMILES string of the molecule is CCN(CC)S(=O)(=O)c1ccc2c(c1)CCCN2C(=O)CCn1ncc(=O)c2ccccc21. The number of hydrogen-bond donors (Lipinski definition) is 0. The lowest BCUT2D eigenvalue weighted by molar-refractivity contribution is -0.118. The maximum atomic E-state index is 13.1. The van der Waals surface area contributed by atoms with Crippen LogP contribution >= 0.6 is 0 Å². The summed E-state index contributed by atoms with van der Waals surface area (Å²) < 4.78 is 28.9. The van der Waals surface area contributed by atoms with Gasteiger partial charge in [-0.15, -0.1) is 0 Å². The average molecular weight is 469 g/mol. The fourth-order valence-electron chi connectivity index (χ4n) is 4.38. The number of aryl methyl sites for hydroxylation is 2. The zero-order valence-electron chi connectivity index (χ0n) is 18.9. The molecule has 33 heavy (non-hydrogen) atoms. The molecule has 1 aromatic heterocycles. The fourth-order valence-corrected chi connectivity index (χ4v) is 5.89. The van der Waals surface area contributed by atoms with Crippen LogP contribution in [0, 0.1) is 0 Å². The molecule has 0 spiro atoms. The van der Waals surface area contributed by atoms with Crippen molar-refractivity contribution in [3.05, 3.63) is 64.4 Å². The van der Waals surface area contributed by atoms with E-state index in [1.807, 2.05) is 26.0 Å². The van der Waals surface area contributed by atoms with E-state index < -0.39 is 10.0 Å². The van der Waals surface area contributed by atoms with E-state index in [1.165, 1.54) is 10.5 Å². The average Bonchev–Trinajstić information content (AvgIpc) is 2.83. The molecule has 9 heteroatoms. The lowest BCUT2D eigenvalue weighted by Crippen LogP contribution is -2.36. The fraction of sp³-hybridized carbons (Fsp3) is 0.375. The van der Waals surface area contributed by atoms with Crippen molar-refractivity contribution in [3.8, 4) is 0 Å². The number of rotatable bonds is 7. The number of carbonyl (C=O) groups excluding carboxylic acids is 1. The van der Waals surface area contributed by atoms with Gasteiger partial charge in [0.15, 0.2) is 0 Å². The highest BCUT2D eigenvalue weighted by atomic mass is 32.2. The number of hydrogen-bond acceptors (Lipinski definition) is 5. The molecule has 0 fully saturated rings. The van der Waals surface area contributed by atoms with Crippen molar-refractivity contribution in [1.29, 1.82) is 0 Å². The summed E-state index contributed by atoms with van der Waals surface area (Å²) in [4.78, 5) is 27.2. The Morgan fingerprint density at radius 3 is 2.64 bits per heavy atom. The zero-order chi connectivity index (χ0) is 23.6. The lowest BCUT2D eigenvalue weighted by atomic mass is 10.0. The van der Waals surface area contributed by atoms with E-state index in [9.17, 15) is 18.0 Å². The molecule has 0 aliphatic carbocycles. The van der Waals surface area contributed by atoms with Gasteiger partial charge >= 0.3 is 0 Å². The van der Waals surface area contributed by atoms with Gasteiger partial charge in [-0.25, -0.2) is 8.42 Å². The van der Waals surface area contributed by atoms with Gasteiger partial charge < -0.3 is 4.90 Å². The van der Waals surface area contributed by atoms with Gasteiger partial charge in [0.05, 0.1) is 23.2 Å². The Bertz CT molecular complexity index is 1350. The number of fused-ring (bicyclic) bond motifs is 2. The van der Waals surface area contributed by atoms with Crippen LogP contribution in [-0.2, 0) is 27.8 Å². The van der Waals surface area contributed by atoms with Gasteiger partial charge in [0, 0.05) is 37.1 Å². The predicted molar refractivity (Wildman–Crippen MR) is 128 cm³/mol. The van der Waals surface area contributed by atoms with Crippen molar-refractivity contribution in [2.75, 3.05) is 24.5 Å². The Kier molecular flexibility index (Phi) is 6.62. The van der Waals surface area contributed by atoms with Crippen LogP contribution in [0.3, 0.4) is 0 Å². The van der Waals surface area contributed by atoms with Crippen LogP contribution in [0.5, 0.6) is 0 Å². The number of anilines is 1. The molecule has 0 atom stereocenters. The second-order valence-electron chi connectivity index (χ2n) is 8.03. The molecule has 0 saturated heterocycles. The first-order valence-electron chi connectivity index (χ1n) is 11.2. The standard InChI is InChI=1S/C24H28N4O4S/c1-3-26(4-2)33(31,32)19-11-12-21-18(16-19)8-7-14-27(21)24(30)13-15-28-22-10-6-5-9-20(22)23(29)17-25-28/h5-6,9-12,16-17H,3-4,7-8,13-15H2,1-2H3. The van der Waals surface area contributed by atoms with Crippen LogP contribution in [0.25, 0.3) is 10.9 Å². The van der Waals surface area contributed by atoms with E-state index in [2.05, 4.69) is 5.10 Å². The highest BCUT2D eigenvalue weighted by Crippen LogP contribution is 2.31. The van der Waals surface area contributed by atoms with E-state index in [0.29, 0.717) is 37.1 Å². The first-order valence-corrected chi connectivity index (χ1v) is 12.7. The predicted octanol–water partition coefficient (Wildman–Crippen LogP) is 2.80. The maximum absolute atomic E-state index is 13.1. The van der Waals surface area contributed by atoms with E-state index in [-0.39, 0.29) is 22.7 Å². The van der Waals surface area contributed by atoms with Crippen LogP contribution in [0.1, 0.15) is 32.3 Å². The Morgan fingerprint density at radius 2 is 1.88 bits per heavy atom. The highest BCUT2D eigenvalue weighted by Gasteiger charge is 2.27. The van der Waals surface area contributed by atoms with Gasteiger partial charge in [-0.05, 0) is 48.7 Å². The molecule has 174 valence electrons. The number of carbonyl (C=O) groups is 1. The minimum Gasteiger partial charge on any atom is -0.312 e. The van der Waals surface area contributed by atoms with Crippen molar-refractivity contribution in [3.63, 3.8) is 0 Å². The molecule has 1 aliphatic rings. The van der Waals surface area contributed by atoms with Crippen molar-refractivity contribution >= 4 is 32.5 Å². The molecule has 2 aromatic carbocycles. The summed E-state index contributed by atoms with van der Waals surface area (Å²) in [5.74, 6) is -0.0557. The van der Waals surface area contributed by atoms with Crippen LogP contribution in [0.15, 0.2) is 58.4 Å².